The monoisotopic (exact) mass is 473 g/mol. The van der Waals surface area contributed by atoms with Crippen molar-refractivity contribution in [1.29, 1.82) is 0 Å². The first-order valence-electron chi connectivity index (χ1n) is 10.1. The SMILES string of the molecule is COc1ccc(NC(=O)COC(=O)[C@H]2CC(=O)N(c3ccc([N+](=O)[O-])cc3OC)C2)c(OC)c1. The van der Waals surface area contributed by atoms with Crippen LogP contribution in [0, 0.1) is 16.0 Å². The molecule has 1 N–H and O–H groups in total. The van der Waals surface area contributed by atoms with Crippen molar-refractivity contribution < 1.29 is 38.3 Å². The molecule has 0 unspecified atom stereocenters. The molecule has 34 heavy (non-hydrogen) atoms. The van der Waals surface area contributed by atoms with Gasteiger partial charge in [0.25, 0.3) is 11.6 Å². The number of carbonyl (C=O) groups is 3. The van der Waals surface area contributed by atoms with Crippen molar-refractivity contribution in [2.45, 2.75) is 6.42 Å². The average Bonchev–Trinajstić information content (AvgIpc) is 3.23. The molecule has 0 bridgehead atoms. The van der Waals surface area contributed by atoms with Gasteiger partial charge in [-0.05, 0) is 18.2 Å². The summed E-state index contributed by atoms with van der Waals surface area (Å²) in [6.45, 7) is -0.570. The van der Waals surface area contributed by atoms with E-state index < -0.39 is 29.3 Å². The van der Waals surface area contributed by atoms with Crippen LogP contribution in [-0.4, -0.2) is 57.2 Å². The number of rotatable bonds is 9. The summed E-state index contributed by atoms with van der Waals surface area (Å²) in [5.74, 6) is -1.44. The van der Waals surface area contributed by atoms with E-state index in [1.807, 2.05) is 0 Å². The van der Waals surface area contributed by atoms with Crippen LogP contribution >= 0.6 is 0 Å². The van der Waals surface area contributed by atoms with E-state index in [9.17, 15) is 24.5 Å². The zero-order chi connectivity index (χ0) is 24.8. The van der Waals surface area contributed by atoms with Gasteiger partial charge in [0, 0.05) is 25.1 Å². The predicted molar refractivity (Wildman–Crippen MR) is 119 cm³/mol. The first-order valence-corrected chi connectivity index (χ1v) is 10.1. The van der Waals surface area contributed by atoms with Crippen LogP contribution in [0.4, 0.5) is 17.1 Å². The van der Waals surface area contributed by atoms with Gasteiger partial charge in [0.15, 0.2) is 6.61 Å². The Bertz CT molecular complexity index is 1120. The van der Waals surface area contributed by atoms with Gasteiger partial charge in [-0.2, -0.15) is 0 Å². The first-order chi connectivity index (χ1) is 16.3. The van der Waals surface area contributed by atoms with Crippen LogP contribution in [0.3, 0.4) is 0 Å². The Morgan fingerprint density at radius 1 is 1.09 bits per heavy atom. The van der Waals surface area contributed by atoms with E-state index in [0.717, 1.165) is 0 Å². The summed E-state index contributed by atoms with van der Waals surface area (Å²) in [5, 5.41) is 13.6. The van der Waals surface area contributed by atoms with Gasteiger partial charge in [-0.25, -0.2) is 0 Å². The van der Waals surface area contributed by atoms with Gasteiger partial charge in [0.05, 0.1) is 49.6 Å². The molecule has 1 aliphatic rings. The topological polar surface area (TPSA) is 147 Å². The molecule has 0 aromatic heterocycles. The van der Waals surface area contributed by atoms with Crippen molar-refractivity contribution in [2.24, 2.45) is 5.92 Å². The molecule has 1 heterocycles. The lowest BCUT2D eigenvalue weighted by Gasteiger charge is -2.19. The smallest absolute Gasteiger partial charge is 0.311 e. The summed E-state index contributed by atoms with van der Waals surface area (Å²) in [4.78, 5) is 48.9. The largest absolute Gasteiger partial charge is 0.497 e. The molecule has 0 spiro atoms. The fraction of sp³-hybridized carbons (Fsp3) is 0.318. The van der Waals surface area contributed by atoms with E-state index in [1.54, 1.807) is 18.2 Å². The second-order valence-corrected chi connectivity index (χ2v) is 7.24. The standard InChI is InChI=1S/C22H23N3O9/c1-31-15-5-6-16(18(10-15)32-2)23-20(26)12-34-22(28)13-8-21(27)24(11-13)17-7-4-14(25(29)30)9-19(17)33-3/h4-7,9-10,13H,8,11-12H2,1-3H3,(H,23,26)/t13-/m0/s1. The fourth-order valence-corrected chi connectivity index (χ4v) is 3.44. The minimum Gasteiger partial charge on any atom is -0.497 e. The number of non-ortho nitro benzene ring substituents is 1. The van der Waals surface area contributed by atoms with E-state index in [0.29, 0.717) is 22.9 Å². The number of benzene rings is 2. The normalized spacial score (nSPS) is 15.0. The number of methoxy groups -OCH3 is 3. The highest BCUT2D eigenvalue weighted by molar-refractivity contribution is 6.01. The van der Waals surface area contributed by atoms with E-state index >= 15 is 0 Å². The van der Waals surface area contributed by atoms with Crippen LogP contribution in [0.1, 0.15) is 6.42 Å². The maximum absolute atomic E-state index is 12.5. The van der Waals surface area contributed by atoms with Gasteiger partial charge in [-0.15, -0.1) is 0 Å². The molecule has 3 rings (SSSR count). The number of ether oxygens (including phenoxy) is 4. The van der Waals surface area contributed by atoms with Gasteiger partial charge in [0.1, 0.15) is 17.2 Å². The van der Waals surface area contributed by atoms with Crippen LogP contribution < -0.4 is 24.4 Å². The molecule has 1 saturated heterocycles. The minimum atomic E-state index is -0.810. The highest BCUT2D eigenvalue weighted by atomic mass is 16.6. The van der Waals surface area contributed by atoms with Crippen LogP contribution in [-0.2, 0) is 19.1 Å². The molecule has 0 radical (unpaired) electrons. The fourth-order valence-electron chi connectivity index (χ4n) is 3.44. The molecular weight excluding hydrogens is 450 g/mol. The number of nitro groups is 1. The van der Waals surface area contributed by atoms with E-state index in [4.69, 9.17) is 18.9 Å². The van der Waals surface area contributed by atoms with Crippen LogP contribution in [0.25, 0.3) is 0 Å². The number of nitro benzene ring substituents is 1. The minimum absolute atomic E-state index is 0.0141. The Hall–Kier alpha value is -4.35. The molecule has 180 valence electrons. The predicted octanol–water partition coefficient (Wildman–Crippen LogP) is 2.16. The molecular formula is C22H23N3O9. The summed E-state index contributed by atoms with van der Waals surface area (Å²) in [6, 6.07) is 8.64. The zero-order valence-electron chi connectivity index (χ0n) is 18.7. The van der Waals surface area contributed by atoms with Crippen molar-refractivity contribution in [1.82, 2.24) is 0 Å². The Balaban J connectivity index is 1.60. The molecule has 1 fully saturated rings. The van der Waals surface area contributed by atoms with Gasteiger partial charge < -0.3 is 29.2 Å². The molecule has 2 aromatic rings. The molecule has 2 amide bonds. The number of esters is 1. The van der Waals surface area contributed by atoms with E-state index in [1.165, 1.54) is 44.4 Å². The van der Waals surface area contributed by atoms with Gasteiger partial charge in [0.2, 0.25) is 5.91 Å². The van der Waals surface area contributed by atoms with Crippen molar-refractivity contribution >= 4 is 34.8 Å². The number of hydrogen-bond acceptors (Lipinski definition) is 9. The lowest BCUT2D eigenvalue weighted by atomic mass is 10.1. The van der Waals surface area contributed by atoms with E-state index in [-0.39, 0.29) is 30.3 Å². The van der Waals surface area contributed by atoms with Gasteiger partial charge in [-0.1, -0.05) is 0 Å². The van der Waals surface area contributed by atoms with Crippen LogP contribution in [0.5, 0.6) is 17.2 Å². The van der Waals surface area contributed by atoms with Gasteiger partial charge in [-0.3, -0.25) is 24.5 Å². The van der Waals surface area contributed by atoms with Crippen molar-refractivity contribution in [3.05, 3.63) is 46.5 Å². The highest BCUT2D eigenvalue weighted by Gasteiger charge is 2.37. The third-order valence-electron chi connectivity index (χ3n) is 5.15. The Kier molecular flexibility index (Phi) is 7.51. The maximum atomic E-state index is 12.5. The first kappa shape index (κ1) is 24.3. The molecule has 2 aromatic carbocycles. The van der Waals surface area contributed by atoms with Crippen LogP contribution in [0.2, 0.25) is 0 Å². The van der Waals surface area contributed by atoms with Crippen molar-refractivity contribution in [3.8, 4) is 17.2 Å². The molecule has 12 heteroatoms. The van der Waals surface area contributed by atoms with Crippen LogP contribution in [0.15, 0.2) is 36.4 Å². The third-order valence-corrected chi connectivity index (χ3v) is 5.15. The van der Waals surface area contributed by atoms with Gasteiger partial charge >= 0.3 is 5.97 Å². The quantitative estimate of drug-likeness (QED) is 0.329. The molecule has 1 atom stereocenters. The lowest BCUT2D eigenvalue weighted by Crippen LogP contribution is -2.28. The number of anilines is 2. The summed E-state index contributed by atoms with van der Waals surface area (Å²) in [6.07, 6.45) is -0.132. The highest BCUT2D eigenvalue weighted by Crippen LogP contribution is 2.36. The van der Waals surface area contributed by atoms with E-state index in [2.05, 4.69) is 5.32 Å². The summed E-state index contributed by atoms with van der Waals surface area (Å²) in [7, 11) is 4.26. The molecule has 12 nitrogen and oxygen atoms in total. The third kappa shape index (κ3) is 5.34. The van der Waals surface area contributed by atoms with Crippen molar-refractivity contribution in [3.63, 3.8) is 0 Å². The number of nitrogens with zero attached hydrogens (tertiary/aromatic N) is 2. The maximum Gasteiger partial charge on any atom is 0.311 e. The number of hydrogen-bond donors (Lipinski definition) is 1. The number of amides is 2. The molecule has 0 aliphatic carbocycles. The number of nitrogens with one attached hydrogen (secondary N) is 1. The lowest BCUT2D eigenvalue weighted by molar-refractivity contribution is -0.384. The molecule has 1 aliphatic heterocycles. The summed E-state index contributed by atoms with van der Waals surface area (Å²) >= 11 is 0. The summed E-state index contributed by atoms with van der Waals surface area (Å²) < 4.78 is 20.6. The van der Waals surface area contributed by atoms with Crippen molar-refractivity contribution in [2.75, 3.05) is 44.7 Å². The zero-order valence-corrected chi connectivity index (χ0v) is 18.7. The Labute approximate surface area is 194 Å². The summed E-state index contributed by atoms with van der Waals surface area (Å²) in [5.41, 5.74) is 0.484. The average molecular weight is 473 g/mol. The Morgan fingerprint density at radius 2 is 1.82 bits per heavy atom. The molecule has 0 saturated carbocycles. The second-order valence-electron chi connectivity index (χ2n) is 7.24. The second kappa shape index (κ2) is 10.5. The number of carbonyl (C=O) groups excluding carboxylic acids is 3. The Morgan fingerprint density at radius 3 is 2.47 bits per heavy atom.